The number of nitrogens with zero attached hydrogens (tertiary/aromatic N) is 2. The molecule has 0 fully saturated rings. The van der Waals surface area contributed by atoms with Gasteiger partial charge in [-0.2, -0.15) is 0 Å². The topological polar surface area (TPSA) is 81.2 Å². The number of carbonyl (C=O) groups excluding carboxylic acids is 1. The van der Waals surface area contributed by atoms with Crippen LogP contribution in [-0.4, -0.2) is 21.4 Å². The molecule has 2 heterocycles. The van der Waals surface area contributed by atoms with Crippen molar-refractivity contribution in [1.82, 2.24) is 10.2 Å². The SMILES string of the molecule is C[C@@H](Sc1nnc(-c2ccco2)o1)C(=O)Nc1ccc2ccccc2c1. The molecule has 1 atom stereocenters. The van der Waals surface area contributed by atoms with Crippen molar-refractivity contribution in [2.45, 2.75) is 17.4 Å². The fourth-order valence-electron chi connectivity index (χ4n) is 2.47. The smallest absolute Gasteiger partial charge is 0.284 e. The number of amides is 1. The Morgan fingerprint density at radius 1 is 1.08 bits per heavy atom. The van der Waals surface area contributed by atoms with E-state index in [4.69, 9.17) is 8.83 Å². The molecular weight excluding hydrogens is 350 g/mol. The Balaban J connectivity index is 1.42. The highest BCUT2D eigenvalue weighted by atomic mass is 32.2. The van der Waals surface area contributed by atoms with Crippen molar-refractivity contribution >= 4 is 34.1 Å². The molecule has 6 nitrogen and oxygen atoms in total. The van der Waals surface area contributed by atoms with Crippen molar-refractivity contribution in [2.24, 2.45) is 0 Å². The first kappa shape index (κ1) is 16.4. The summed E-state index contributed by atoms with van der Waals surface area (Å²) in [7, 11) is 0. The van der Waals surface area contributed by atoms with Crippen LogP contribution in [0.1, 0.15) is 6.92 Å². The summed E-state index contributed by atoms with van der Waals surface area (Å²) in [5.74, 6) is 0.653. The van der Waals surface area contributed by atoms with E-state index in [0.29, 0.717) is 16.9 Å². The molecule has 0 aliphatic rings. The van der Waals surface area contributed by atoms with Crippen LogP contribution in [0.3, 0.4) is 0 Å². The normalized spacial score (nSPS) is 12.2. The summed E-state index contributed by atoms with van der Waals surface area (Å²) in [5.41, 5.74) is 0.753. The van der Waals surface area contributed by atoms with Crippen LogP contribution < -0.4 is 5.32 Å². The molecule has 7 heteroatoms. The molecular formula is C19H15N3O3S. The van der Waals surface area contributed by atoms with Gasteiger partial charge in [-0.25, -0.2) is 0 Å². The maximum Gasteiger partial charge on any atom is 0.284 e. The lowest BCUT2D eigenvalue weighted by molar-refractivity contribution is -0.115. The van der Waals surface area contributed by atoms with Crippen LogP contribution in [0.15, 0.2) is 74.9 Å². The summed E-state index contributed by atoms with van der Waals surface area (Å²) in [6.45, 7) is 1.79. The number of anilines is 1. The third kappa shape index (κ3) is 3.48. The fourth-order valence-corrected chi connectivity index (χ4v) is 3.16. The van der Waals surface area contributed by atoms with Crippen molar-refractivity contribution in [3.63, 3.8) is 0 Å². The van der Waals surface area contributed by atoms with Crippen molar-refractivity contribution in [3.05, 3.63) is 60.9 Å². The van der Waals surface area contributed by atoms with Crippen molar-refractivity contribution in [1.29, 1.82) is 0 Å². The lowest BCUT2D eigenvalue weighted by Gasteiger charge is -2.10. The number of rotatable bonds is 5. The van der Waals surface area contributed by atoms with E-state index in [-0.39, 0.29) is 5.91 Å². The summed E-state index contributed by atoms with van der Waals surface area (Å²) in [6.07, 6.45) is 1.53. The Bertz CT molecular complexity index is 1040. The Hall–Kier alpha value is -3.06. The number of hydrogen-bond acceptors (Lipinski definition) is 6. The van der Waals surface area contributed by atoms with Gasteiger partial charge in [0.25, 0.3) is 11.1 Å². The summed E-state index contributed by atoms with van der Waals surface area (Å²) >= 11 is 1.20. The van der Waals surface area contributed by atoms with Crippen LogP contribution in [-0.2, 0) is 4.79 Å². The van der Waals surface area contributed by atoms with Gasteiger partial charge in [0.15, 0.2) is 5.76 Å². The Morgan fingerprint density at radius 2 is 1.92 bits per heavy atom. The predicted octanol–water partition coefficient (Wildman–Crippen LogP) is 4.60. The monoisotopic (exact) mass is 365 g/mol. The van der Waals surface area contributed by atoms with Crippen LogP contribution in [0.25, 0.3) is 22.4 Å². The van der Waals surface area contributed by atoms with E-state index in [9.17, 15) is 4.79 Å². The molecule has 2 aromatic carbocycles. The first-order valence-electron chi connectivity index (χ1n) is 8.03. The van der Waals surface area contributed by atoms with Crippen LogP contribution in [0.2, 0.25) is 0 Å². The minimum atomic E-state index is -0.397. The standard InChI is InChI=1S/C19H15N3O3S/c1-12(26-19-22-21-18(25-19)16-7-4-10-24-16)17(23)20-15-9-8-13-5-2-3-6-14(13)11-15/h2-12H,1H3,(H,20,23)/t12-/m1/s1. The van der Waals surface area contributed by atoms with Crippen LogP contribution in [0, 0.1) is 0 Å². The molecule has 0 aliphatic carbocycles. The van der Waals surface area contributed by atoms with E-state index >= 15 is 0 Å². The fraction of sp³-hybridized carbons (Fsp3) is 0.105. The van der Waals surface area contributed by atoms with Crippen molar-refractivity contribution < 1.29 is 13.6 Å². The molecule has 130 valence electrons. The van der Waals surface area contributed by atoms with E-state index in [1.165, 1.54) is 18.0 Å². The van der Waals surface area contributed by atoms with Crippen LogP contribution >= 0.6 is 11.8 Å². The van der Waals surface area contributed by atoms with Gasteiger partial charge < -0.3 is 14.2 Å². The van der Waals surface area contributed by atoms with Crippen LogP contribution in [0.5, 0.6) is 0 Å². The zero-order valence-electron chi connectivity index (χ0n) is 13.9. The second-order valence-corrected chi connectivity index (χ2v) is 6.95. The van der Waals surface area contributed by atoms with E-state index in [2.05, 4.69) is 15.5 Å². The average Bonchev–Trinajstić information content (AvgIpc) is 3.33. The molecule has 0 saturated heterocycles. The highest BCUT2D eigenvalue weighted by molar-refractivity contribution is 8.00. The molecule has 1 N–H and O–H groups in total. The number of hydrogen-bond donors (Lipinski definition) is 1. The highest BCUT2D eigenvalue weighted by Gasteiger charge is 2.19. The van der Waals surface area contributed by atoms with E-state index in [0.717, 1.165) is 16.5 Å². The second-order valence-electron chi connectivity index (χ2n) is 5.66. The number of benzene rings is 2. The number of carbonyl (C=O) groups is 1. The number of furan rings is 1. The molecule has 0 radical (unpaired) electrons. The lowest BCUT2D eigenvalue weighted by atomic mass is 10.1. The van der Waals surface area contributed by atoms with Gasteiger partial charge in [0, 0.05) is 5.69 Å². The Kier molecular flexibility index (Phi) is 4.45. The van der Waals surface area contributed by atoms with Gasteiger partial charge in [0.1, 0.15) is 0 Å². The number of nitrogens with one attached hydrogen (secondary N) is 1. The van der Waals surface area contributed by atoms with Gasteiger partial charge in [-0.05, 0) is 42.0 Å². The van der Waals surface area contributed by atoms with Gasteiger partial charge in [-0.15, -0.1) is 10.2 Å². The molecule has 0 bridgehead atoms. The Labute approximate surface area is 153 Å². The van der Waals surface area contributed by atoms with Gasteiger partial charge in [0.2, 0.25) is 5.91 Å². The largest absolute Gasteiger partial charge is 0.459 e. The third-order valence-electron chi connectivity index (χ3n) is 3.80. The minimum Gasteiger partial charge on any atom is -0.459 e. The van der Waals surface area contributed by atoms with E-state index in [1.807, 2.05) is 42.5 Å². The summed E-state index contributed by atoms with van der Waals surface area (Å²) in [5, 5.41) is 12.9. The molecule has 2 aromatic heterocycles. The van der Waals surface area contributed by atoms with E-state index in [1.54, 1.807) is 19.1 Å². The quantitative estimate of drug-likeness (QED) is 0.521. The molecule has 1 amide bonds. The summed E-state index contributed by atoms with van der Waals surface area (Å²) in [6, 6.07) is 17.3. The van der Waals surface area contributed by atoms with Crippen molar-refractivity contribution in [2.75, 3.05) is 5.32 Å². The van der Waals surface area contributed by atoms with Crippen LogP contribution in [0.4, 0.5) is 5.69 Å². The predicted molar refractivity (Wildman–Crippen MR) is 99.9 cm³/mol. The average molecular weight is 365 g/mol. The first-order chi connectivity index (χ1) is 12.7. The third-order valence-corrected chi connectivity index (χ3v) is 4.74. The zero-order valence-corrected chi connectivity index (χ0v) is 14.7. The molecule has 0 aliphatic heterocycles. The molecule has 0 spiro atoms. The van der Waals surface area contributed by atoms with Gasteiger partial charge in [0.05, 0.1) is 11.5 Å². The highest BCUT2D eigenvalue weighted by Crippen LogP contribution is 2.27. The van der Waals surface area contributed by atoms with Gasteiger partial charge >= 0.3 is 0 Å². The molecule has 0 unspecified atom stereocenters. The zero-order chi connectivity index (χ0) is 17.9. The summed E-state index contributed by atoms with van der Waals surface area (Å²) < 4.78 is 10.7. The van der Waals surface area contributed by atoms with E-state index < -0.39 is 5.25 Å². The molecule has 4 rings (SSSR count). The molecule has 4 aromatic rings. The Morgan fingerprint density at radius 3 is 2.73 bits per heavy atom. The second kappa shape index (κ2) is 7.05. The lowest BCUT2D eigenvalue weighted by Crippen LogP contribution is -2.22. The number of thioether (sulfide) groups is 1. The van der Waals surface area contributed by atoms with Gasteiger partial charge in [-0.1, -0.05) is 42.1 Å². The maximum atomic E-state index is 12.4. The van der Waals surface area contributed by atoms with Crippen molar-refractivity contribution in [3.8, 4) is 11.7 Å². The van der Waals surface area contributed by atoms with Gasteiger partial charge in [-0.3, -0.25) is 4.79 Å². The maximum absolute atomic E-state index is 12.4. The molecule has 26 heavy (non-hydrogen) atoms. The first-order valence-corrected chi connectivity index (χ1v) is 8.91. The number of fused-ring (bicyclic) bond motifs is 1. The summed E-state index contributed by atoms with van der Waals surface area (Å²) in [4.78, 5) is 12.4. The number of aromatic nitrogens is 2. The molecule has 0 saturated carbocycles. The minimum absolute atomic E-state index is 0.136.